The van der Waals surface area contributed by atoms with Crippen LogP contribution in [-0.4, -0.2) is 15.0 Å². The Bertz CT molecular complexity index is 605. The van der Waals surface area contributed by atoms with Crippen LogP contribution in [0, 0.1) is 0 Å². The van der Waals surface area contributed by atoms with E-state index >= 15 is 0 Å². The van der Waals surface area contributed by atoms with E-state index in [-0.39, 0.29) is 4.90 Å². The van der Waals surface area contributed by atoms with Crippen LogP contribution in [-0.2, 0) is 23.0 Å². The molecule has 0 bridgehead atoms. The Kier molecular flexibility index (Phi) is 4.71. The number of rotatable bonds is 6. The van der Waals surface area contributed by atoms with Gasteiger partial charge in [0, 0.05) is 11.4 Å². The summed E-state index contributed by atoms with van der Waals surface area (Å²) < 4.78 is 26.7. The van der Waals surface area contributed by atoms with Gasteiger partial charge in [-0.1, -0.05) is 18.2 Å². The molecule has 6 heteroatoms. The van der Waals surface area contributed by atoms with Gasteiger partial charge in [0.2, 0.25) is 10.0 Å². The fourth-order valence-electron chi connectivity index (χ4n) is 1.66. The van der Waals surface area contributed by atoms with Crippen LogP contribution in [0.5, 0.6) is 0 Å². The molecule has 0 amide bonds. The van der Waals surface area contributed by atoms with Crippen molar-refractivity contribution in [1.82, 2.24) is 4.72 Å². The van der Waals surface area contributed by atoms with Gasteiger partial charge in [-0.05, 0) is 42.1 Å². The van der Waals surface area contributed by atoms with E-state index in [1.54, 1.807) is 24.3 Å². The number of sulfonamides is 1. The summed E-state index contributed by atoms with van der Waals surface area (Å²) in [7, 11) is -3.44. The number of nitrogens with one attached hydrogen (secondary N) is 1. The van der Waals surface area contributed by atoms with Gasteiger partial charge >= 0.3 is 0 Å². The lowest BCUT2D eigenvalue weighted by atomic mass is 10.2. The van der Waals surface area contributed by atoms with E-state index in [0.29, 0.717) is 13.1 Å². The third kappa shape index (κ3) is 3.87. The minimum atomic E-state index is -3.44. The first-order valence-electron chi connectivity index (χ1n) is 5.93. The second-order valence-corrected chi connectivity index (χ2v) is 6.89. The summed E-state index contributed by atoms with van der Waals surface area (Å²) in [6.45, 7) is 0.882. The van der Waals surface area contributed by atoms with Crippen LogP contribution in [0.25, 0.3) is 0 Å². The summed E-state index contributed by atoms with van der Waals surface area (Å²) in [4.78, 5) is 1.27. The lowest BCUT2D eigenvalue weighted by Crippen LogP contribution is -2.22. The Morgan fingerprint density at radius 1 is 1.16 bits per heavy atom. The van der Waals surface area contributed by atoms with Crippen molar-refractivity contribution in [1.29, 1.82) is 0 Å². The molecule has 0 aliphatic heterocycles. The molecule has 4 nitrogen and oxygen atoms in total. The molecule has 2 aromatic rings. The van der Waals surface area contributed by atoms with Crippen LogP contribution in [0.3, 0.4) is 0 Å². The average Bonchev–Trinajstić information content (AvgIpc) is 2.91. The molecule has 2 rings (SSSR count). The molecular formula is C13H16N2O2S2. The van der Waals surface area contributed by atoms with E-state index in [2.05, 4.69) is 4.72 Å². The Morgan fingerprint density at radius 2 is 1.89 bits per heavy atom. The van der Waals surface area contributed by atoms with Gasteiger partial charge in [0.05, 0.1) is 4.90 Å². The van der Waals surface area contributed by atoms with E-state index in [1.807, 2.05) is 17.5 Å². The highest BCUT2D eigenvalue weighted by Crippen LogP contribution is 2.13. The molecule has 0 saturated heterocycles. The molecule has 1 aromatic heterocycles. The van der Waals surface area contributed by atoms with Crippen molar-refractivity contribution in [3.63, 3.8) is 0 Å². The zero-order valence-corrected chi connectivity index (χ0v) is 12.0. The van der Waals surface area contributed by atoms with Gasteiger partial charge in [0.1, 0.15) is 0 Å². The molecule has 1 heterocycles. The number of nitrogens with two attached hydrogens (primary N) is 1. The van der Waals surface area contributed by atoms with Gasteiger partial charge in [-0.3, -0.25) is 0 Å². The van der Waals surface area contributed by atoms with E-state index in [1.165, 1.54) is 11.3 Å². The predicted octanol–water partition coefficient (Wildman–Crippen LogP) is 1.73. The summed E-state index contributed by atoms with van der Waals surface area (Å²) in [6.07, 6.45) is 0.753. The first kappa shape index (κ1) is 14.2. The second kappa shape index (κ2) is 6.29. The second-order valence-electron chi connectivity index (χ2n) is 4.09. The average molecular weight is 296 g/mol. The Hall–Kier alpha value is -1.21. The van der Waals surface area contributed by atoms with E-state index in [4.69, 9.17) is 5.73 Å². The molecule has 19 heavy (non-hydrogen) atoms. The summed E-state index contributed by atoms with van der Waals surface area (Å²) in [5.41, 5.74) is 6.50. The summed E-state index contributed by atoms with van der Waals surface area (Å²) in [6, 6.07) is 10.6. The molecule has 0 fully saturated rings. The van der Waals surface area contributed by atoms with Gasteiger partial charge < -0.3 is 5.73 Å². The molecule has 0 aliphatic carbocycles. The fraction of sp³-hybridized carbons (Fsp3) is 0.231. The van der Waals surface area contributed by atoms with Crippen molar-refractivity contribution in [3.8, 4) is 0 Å². The lowest BCUT2D eigenvalue weighted by molar-refractivity contribution is 0.582. The van der Waals surface area contributed by atoms with Crippen molar-refractivity contribution >= 4 is 21.4 Å². The third-order valence-electron chi connectivity index (χ3n) is 2.68. The van der Waals surface area contributed by atoms with Crippen LogP contribution >= 0.6 is 11.3 Å². The van der Waals surface area contributed by atoms with Gasteiger partial charge in [-0.2, -0.15) is 0 Å². The van der Waals surface area contributed by atoms with Crippen LogP contribution in [0.1, 0.15) is 10.4 Å². The minimum absolute atomic E-state index is 0.282. The van der Waals surface area contributed by atoms with Crippen molar-refractivity contribution < 1.29 is 8.42 Å². The predicted molar refractivity (Wildman–Crippen MR) is 77.5 cm³/mol. The monoisotopic (exact) mass is 296 g/mol. The van der Waals surface area contributed by atoms with Crippen molar-refractivity contribution in [3.05, 3.63) is 52.2 Å². The smallest absolute Gasteiger partial charge is 0.240 e. The van der Waals surface area contributed by atoms with E-state index in [9.17, 15) is 8.42 Å². The van der Waals surface area contributed by atoms with Gasteiger partial charge in [-0.15, -0.1) is 11.3 Å². The standard InChI is InChI=1S/C13H16N2O2S2/c14-8-7-11-3-5-13(6-4-11)19(16,17)15-10-12-2-1-9-18-12/h1-6,9,15H,7-8,10,14H2. The molecule has 0 atom stereocenters. The van der Waals surface area contributed by atoms with Gasteiger partial charge in [0.15, 0.2) is 0 Å². The summed E-state index contributed by atoms with van der Waals surface area (Å²) in [5, 5.41) is 1.92. The van der Waals surface area contributed by atoms with Crippen LogP contribution in [0.4, 0.5) is 0 Å². The quantitative estimate of drug-likeness (QED) is 0.852. The van der Waals surface area contributed by atoms with E-state index < -0.39 is 10.0 Å². The highest BCUT2D eigenvalue weighted by molar-refractivity contribution is 7.89. The van der Waals surface area contributed by atoms with Crippen molar-refractivity contribution in [2.75, 3.05) is 6.54 Å². The highest BCUT2D eigenvalue weighted by atomic mass is 32.2. The van der Waals surface area contributed by atoms with Crippen LogP contribution in [0.15, 0.2) is 46.7 Å². The normalized spacial score (nSPS) is 11.6. The Balaban J connectivity index is 2.06. The molecule has 0 aliphatic rings. The zero-order chi connectivity index (χ0) is 13.7. The van der Waals surface area contributed by atoms with E-state index in [0.717, 1.165) is 16.9 Å². The first-order valence-corrected chi connectivity index (χ1v) is 8.29. The maximum atomic E-state index is 12.1. The maximum absolute atomic E-state index is 12.1. The Morgan fingerprint density at radius 3 is 2.47 bits per heavy atom. The van der Waals surface area contributed by atoms with Crippen LogP contribution in [0.2, 0.25) is 0 Å². The number of hydrogen-bond donors (Lipinski definition) is 2. The Labute approximate surface area is 117 Å². The third-order valence-corrected chi connectivity index (χ3v) is 4.98. The molecule has 0 radical (unpaired) electrons. The zero-order valence-electron chi connectivity index (χ0n) is 10.4. The van der Waals surface area contributed by atoms with Crippen molar-refractivity contribution in [2.24, 2.45) is 5.73 Å². The molecule has 0 saturated carbocycles. The molecule has 102 valence electrons. The molecular weight excluding hydrogens is 280 g/mol. The number of thiophene rings is 1. The lowest BCUT2D eigenvalue weighted by Gasteiger charge is -2.06. The molecule has 3 N–H and O–H groups in total. The fourth-order valence-corrected chi connectivity index (χ4v) is 3.41. The molecule has 0 spiro atoms. The highest BCUT2D eigenvalue weighted by Gasteiger charge is 2.13. The molecule has 1 aromatic carbocycles. The topological polar surface area (TPSA) is 72.2 Å². The molecule has 0 unspecified atom stereocenters. The SMILES string of the molecule is NCCc1ccc(S(=O)(=O)NCc2cccs2)cc1. The number of hydrogen-bond acceptors (Lipinski definition) is 4. The van der Waals surface area contributed by atoms with Gasteiger partial charge in [0.25, 0.3) is 0 Å². The van der Waals surface area contributed by atoms with Crippen LogP contribution < -0.4 is 10.5 Å². The summed E-state index contributed by atoms with van der Waals surface area (Å²) in [5.74, 6) is 0. The maximum Gasteiger partial charge on any atom is 0.240 e. The number of benzene rings is 1. The minimum Gasteiger partial charge on any atom is -0.330 e. The summed E-state index contributed by atoms with van der Waals surface area (Å²) >= 11 is 1.53. The largest absolute Gasteiger partial charge is 0.330 e. The first-order chi connectivity index (χ1) is 9.12. The van der Waals surface area contributed by atoms with Crippen molar-refractivity contribution in [2.45, 2.75) is 17.9 Å². The van der Waals surface area contributed by atoms with Gasteiger partial charge in [-0.25, -0.2) is 13.1 Å².